The summed E-state index contributed by atoms with van der Waals surface area (Å²) < 4.78 is 8.10. The number of methoxy groups -OCH3 is 1. The summed E-state index contributed by atoms with van der Waals surface area (Å²) in [4.78, 5) is 0. The van der Waals surface area contributed by atoms with Gasteiger partial charge in [-0.05, 0) is 24.3 Å². The van der Waals surface area contributed by atoms with E-state index in [1.165, 1.54) is 7.14 Å². The van der Waals surface area contributed by atoms with Crippen LogP contribution in [-0.2, 0) is 0 Å². The molecule has 0 fully saturated rings. The number of hydrogen-bond donors (Lipinski definition) is 0. The van der Waals surface area contributed by atoms with Gasteiger partial charge in [-0.3, -0.25) is 0 Å². The lowest BCUT2D eigenvalue weighted by Crippen LogP contribution is -3.61. The summed E-state index contributed by atoms with van der Waals surface area (Å²) in [5.41, 5.74) is 0. The van der Waals surface area contributed by atoms with E-state index in [2.05, 4.69) is 42.5 Å². The minimum absolute atomic E-state index is 0.124. The highest BCUT2D eigenvalue weighted by Crippen LogP contribution is 2.06. The van der Waals surface area contributed by atoms with Crippen LogP contribution in [0.2, 0.25) is 0 Å². The minimum Gasteiger partial charge on any atom is -0.492 e. The number of para-hydroxylation sites is 1. The van der Waals surface area contributed by atoms with Crippen molar-refractivity contribution in [2.24, 2.45) is 0 Å². The molecule has 0 radical (unpaired) electrons. The summed E-state index contributed by atoms with van der Waals surface area (Å²) in [5.74, 6) is 1.01. The molecule has 0 aliphatic rings. The highest BCUT2D eigenvalue weighted by molar-refractivity contribution is 5.20. The molecule has 2 aromatic carbocycles. The molecule has 0 unspecified atom stereocenters. The predicted octanol–water partition coefficient (Wildman–Crippen LogP) is -0.176. The van der Waals surface area contributed by atoms with Gasteiger partial charge in [0.2, 0.25) is 3.57 Å². The van der Waals surface area contributed by atoms with Gasteiger partial charge in [-0.2, -0.15) is 0 Å². The van der Waals surface area contributed by atoms with Gasteiger partial charge in [-0.25, -0.2) is 0 Å². The maximum absolute atomic E-state index is 5.35. The van der Waals surface area contributed by atoms with Crippen molar-refractivity contribution in [2.45, 2.75) is 0 Å². The Bertz CT molecular complexity index is 426. The highest BCUT2D eigenvalue weighted by atomic mass is 127. The molecule has 0 aliphatic heterocycles. The monoisotopic (exact) mass is 311 g/mol. The van der Waals surface area contributed by atoms with Crippen molar-refractivity contribution in [2.75, 3.05) is 7.11 Å². The third-order valence-corrected chi connectivity index (χ3v) is 4.81. The largest absolute Gasteiger partial charge is 0.492 e. The van der Waals surface area contributed by atoms with Crippen molar-refractivity contribution in [3.05, 3.63) is 61.7 Å². The summed E-state index contributed by atoms with van der Waals surface area (Å²) in [6.07, 6.45) is 0. The molecular formula is C13H12IO+. The highest BCUT2D eigenvalue weighted by Gasteiger charge is 2.19. The number of halogens is 1. The normalized spacial score (nSPS) is 9.93. The van der Waals surface area contributed by atoms with E-state index in [-0.39, 0.29) is 21.2 Å². The lowest BCUT2D eigenvalue weighted by atomic mass is 10.3. The third kappa shape index (κ3) is 2.72. The van der Waals surface area contributed by atoms with Crippen molar-refractivity contribution in [3.8, 4) is 5.75 Å². The summed E-state index contributed by atoms with van der Waals surface area (Å²) in [7, 11) is 1.73. The predicted molar refractivity (Wildman–Crippen MR) is 56.8 cm³/mol. The molecule has 2 rings (SSSR count). The third-order valence-electron chi connectivity index (χ3n) is 2.00. The number of ether oxygens (including phenoxy) is 1. The van der Waals surface area contributed by atoms with Crippen LogP contribution in [0.15, 0.2) is 54.6 Å². The van der Waals surface area contributed by atoms with E-state index in [1.54, 1.807) is 7.11 Å². The van der Waals surface area contributed by atoms with Crippen LogP contribution in [0.4, 0.5) is 0 Å². The van der Waals surface area contributed by atoms with E-state index in [0.717, 1.165) is 5.75 Å². The van der Waals surface area contributed by atoms with Gasteiger partial charge in [0.15, 0.2) is 9.32 Å². The Kier molecular flexibility index (Phi) is 3.61. The first-order valence-electron chi connectivity index (χ1n) is 4.73. The second kappa shape index (κ2) is 5.16. The second-order valence-electron chi connectivity index (χ2n) is 3.02. The molecule has 0 aliphatic carbocycles. The van der Waals surface area contributed by atoms with Gasteiger partial charge in [0, 0.05) is 0 Å². The van der Waals surface area contributed by atoms with E-state index < -0.39 is 0 Å². The van der Waals surface area contributed by atoms with E-state index in [0.29, 0.717) is 0 Å². The van der Waals surface area contributed by atoms with Crippen LogP contribution in [0.25, 0.3) is 0 Å². The molecule has 2 aromatic rings. The molecule has 0 bridgehead atoms. The summed E-state index contributed by atoms with van der Waals surface area (Å²) in [6, 6.07) is 18.8. The van der Waals surface area contributed by atoms with E-state index in [1.807, 2.05) is 12.1 Å². The average Bonchev–Trinajstić information content (AvgIpc) is 2.31. The van der Waals surface area contributed by atoms with Crippen molar-refractivity contribution in [1.82, 2.24) is 0 Å². The van der Waals surface area contributed by atoms with Gasteiger partial charge in [0.1, 0.15) is 0 Å². The van der Waals surface area contributed by atoms with E-state index >= 15 is 0 Å². The van der Waals surface area contributed by atoms with Gasteiger partial charge >= 0.3 is 21.2 Å². The second-order valence-corrected chi connectivity index (χ2v) is 5.97. The van der Waals surface area contributed by atoms with E-state index in [9.17, 15) is 0 Å². The van der Waals surface area contributed by atoms with Crippen molar-refractivity contribution >= 4 is 0 Å². The summed E-state index contributed by atoms with van der Waals surface area (Å²) in [5, 5.41) is 0. The molecule has 1 nitrogen and oxygen atoms in total. The Morgan fingerprint density at radius 1 is 0.867 bits per heavy atom. The van der Waals surface area contributed by atoms with Gasteiger partial charge < -0.3 is 4.74 Å². The summed E-state index contributed by atoms with van der Waals surface area (Å²) >= 11 is -0.124. The first-order chi connectivity index (χ1) is 7.40. The molecule has 76 valence electrons. The SMILES string of the molecule is COc1ccccc1[I+]c1ccccc1. The van der Waals surface area contributed by atoms with Gasteiger partial charge in [-0.1, -0.05) is 30.3 Å². The van der Waals surface area contributed by atoms with Crippen LogP contribution in [0.5, 0.6) is 5.75 Å². The fraction of sp³-hybridized carbons (Fsp3) is 0.0769. The Labute approximate surface area is 100 Å². The van der Waals surface area contributed by atoms with Crippen LogP contribution in [-0.4, -0.2) is 7.11 Å². The zero-order valence-electron chi connectivity index (χ0n) is 8.48. The Morgan fingerprint density at radius 2 is 1.53 bits per heavy atom. The Balaban J connectivity index is 2.24. The zero-order chi connectivity index (χ0) is 10.5. The molecule has 0 atom stereocenters. The number of rotatable bonds is 3. The van der Waals surface area contributed by atoms with Crippen LogP contribution in [0.1, 0.15) is 0 Å². The first-order valence-corrected chi connectivity index (χ1v) is 6.89. The fourth-order valence-corrected chi connectivity index (χ4v) is 3.78. The lowest BCUT2D eigenvalue weighted by molar-refractivity contribution is -0.598. The first kappa shape index (κ1) is 10.5. The van der Waals surface area contributed by atoms with Gasteiger partial charge in [-0.15, -0.1) is 0 Å². The molecule has 15 heavy (non-hydrogen) atoms. The molecule has 2 heteroatoms. The quantitative estimate of drug-likeness (QED) is 0.715. The van der Waals surface area contributed by atoms with Crippen LogP contribution < -0.4 is 25.9 Å². The van der Waals surface area contributed by atoms with E-state index in [4.69, 9.17) is 4.74 Å². The fourth-order valence-electron chi connectivity index (χ4n) is 1.28. The number of benzene rings is 2. The van der Waals surface area contributed by atoms with Crippen LogP contribution in [0.3, 0.4) is 0 Å². The van der Waals surface area contributed by atoms with Crippen LogP contribution in [0, 0.1) is 7.14 Å². The Morgan fingerprint density at radius 3 is 2.27 bits per heavy atom. The standard InChI is InChI=1S/C13H12IO/c1-15-13-10-6-5-9-12(13)14-11-7-3-2-4-8-11/h2-10H,1H3/q+1. The molecule has 0 spiro atoms. The summed E-state index contributed by atoms with van der Waals surface area (Å²) in [6.45, 7) is 0. The van der Waals surface area contributed by atoms with Crippen molar-refractivity contribution in [1.29, 1.82) is 0 Å². The topological polar surface area (TPSA) is 9.23 Å². The Hall–Kier alpha value is -1.03. The van der Waals surface area contributed by atoms with Crippen molar-refractivity contribution in [3.63, 3.8) is 0 Å². The molecule has 0 saturated heterocycles. The molecular weight excluding hydrogens is 299 g/mol. The minimum atomic E-state index is -0.124. The molecule has 0 heterocycles. The maximum Gasteiger partial charge on any atom is 0.362 e. The molecule has 0 saturated carbocycles. The molecule has 0 aromatic heterocycles. The molecule has 0 N–H and O–H groups in total. The smallest absolute Gasteiger partial charge is 0.362 e. The van der Waals surface area contributed by atoms with Gasteiger partial charge in [0.25, 0.3) is 0 Å². The zero-order valence-corrected chi connectivity index (χ0v) is 10.6. The van der Waals surface area contributed by atoms with Crippen LogP contribution >= 0.6 is 0 Å². The molecule has 0 amide bonds. The maximum atomic E-state index is 5.35. The van der Waals surface area contributed by atoms with Gasteiger partial charge in [0.05, 0.1) is 7.11 Å². The van der Waals surface area contributed by atoms with Crippen molar-refractivity contribution < 1.29 is 25.9 Å². The average molecular weight is 311 g/mol. The lowest BCUT2D eigenvalue weighted by Gasteiger charge is -1.97. The number of hydrogen-bond acceptors (Lipinski definition) is 1.